The minimum atomic E-state index is -7.43. The zero-order chi connectivity index (χ0) is 29.7. The molecule has 1 aromatic heterocycles. The van der Waals surface area contributed by atoms with Crippen LogP contribution in [0.1, 0.15) is 90.9 Å². The standard InChI is InChI=1S/C19H37N2.C4HF9O3S/c1-3-5-7-9-10-11-12-14-16-21-18-17-20(19-21)15-13-8-6-4-2;5-1(6,3(9,10)11)2(7,8)4(12,13)17(14,15)16/h17-19H,3-16H2,1-2H3;(H,14,15,16)/q+1;/p-1. The Hall–Kier alpha value is -1.51. The second kappa shape index (κ2) is 15.9. The van der Waals surface area contributed by atoms with Gasteiger partial charge in [-0.25, -0.2) is 17.6 Å². The normalized spacial score (nSPS) is 13.4. The first-order valence-corrected chi connectivity index (χ1v) is 14.0. The number of alkyl halides is 9. The van der Waals surface area contributed by atoms with E-state index in [1.165, 1.54) is 90.1 Å². The second-order valence-corrected chi connectivity index (χ2v) is 10.5. The van der Waals surface area contributed by atoms with E-state index >= 15 is 0 Å². The van der Waals surface area contributed by atoms with E-state index in [1.54, 1.807) is 0 Å². The number of nitrogens with zero attached hydrogens (tertiary/aromatic N) is 2. The molecule has 0 aliphatic carbocycles. The van der Waals surface area contributed by atoms with Crippen LogP contribution < -0.4 is 4.57 Å². The van der Waals surface area contributed by atoms with Gasteiger partial charge in [-0.05, 0) is 25.7 Å². The Bertz CT molecular complexity index is 889. The fraction of sp³-hybridized carbons (Fsp3) is 0.870. The first kappa shape index (κ1) is 36.5. The van der Waals surface area contributed by atoms with E-state index in [0.29, 0.717) is 0 Å². The van der Waals surface area contributed by atoms with Gasteiger partial charge in [0.2, 0.25) is 6.33 Å². The third-order valence-corrected chi connectivity index (χ3v) is 6.60. The van der Waals surface area contributed by atoms with E-state index in [0.717, 1.165) is 0 Å². The van der Waals surface area contributed by atoms with E-state index in [4.69, 9.17) is 0 Å². The maximum Gasteiger partial charge on any atom is 0.460 e. The Morgan fingerprint density at radius 3 is 1.61 bits per heavy atom. The van der Waals surface area contributed by atoms with Crippen molar-refractivity contribution < 1.29 is 57.1 Å². The van der Waals surface area contributed by atoms with Gasteiger partial charge in [0.25, 0.3) is 0 Å². The number of rotatable bonds is 17. The predicted molar refractivity (Wildman–Crippen MR) is 122 cm³/mol. The summed E-state index contributed by atoms with van der Waals surface area (Å²) in [7, 11) is -7.42. The number of hydrogen-bond acceptors (Lipinski definition) is 3. The monoisotopic (exact) mass is 592 g/mol. The van der Waals surface area contributed by atoms with E-state index in [9.17, 15) is 52.5 Å². The van der Waals surface area contributed by atoms with Crippen molar-refractivity contribution in [1.82, 2.24) is 4.57 Å². The molecule has 0 atom stereocenters. The van der Waals surface area contributed by atoms with Gasteiger partial charge in [0.15, 0.2) is 10.1 Å². The molecule has 0 radical (unpaired) electrons. The van der Waals surface area contributed by atoms with Gasteiger partial charge < -0.3 is 4.55 Å². The van der Waals surface area contributed by atoms with Crippen molar-refractivity contribution in [2.24, 2.45) is 0 Å². The van der Waals surface area contributed by atoms with Crippen molar-refractivity contribution in [2.45, 2.75) is 127 Å². The second-order valence-electron chi connectivity index (χ2n) is 9.04. The Balaban J connectivity index is 0.000000739. The molecular weight excluding hydrogens is 555 g/mol. The van der Waals surface area contributed by atoms with Crippen LogP contribution in [0, 0.1) is 0 Å². The number of aromatic nitrogens is 2. The van der Waals surface area contributed by atoms with Crippen molar-refractivity contribution in [3.05, 3.63) is 18.7 Å². The van der Waals surface area contributed by atoms with Crippen molar-refractivity contribution in [2.75, 3.05) is 0 Å². The lowest BCUT2D eigenvalue weighted by Crippen LogP contribution is -2.63. The number of hydrogen-bond donors (Lipinski definition) is 0. The van der Waals surface area contributed by atoms with Crippen LogP contribution in [-0.2, 0) is 23.2 Å². The summed E-state index contributed by atoms with van der Waals surface area (Å²) in [6, 6.07) is 0. The van der Waals surface area contributed by atoms with Gasteiger partial charge >= 0.3 is 23.3 Å². The molecule has 15 heteroatoms. The molecule has 0 unspecified atom stereocenters. The smallest absolute Gasteiger partial charge is 0.460 e. The zero-order valence-electron chi connectivity index (χ0n) is 21.6. The molecule has 1 aromatic rings. The SMILES string of the molecule is CCCCCCCCCC[n+]1ccn(CCCCCC)c1.O=S(=O)([O-])C(F)(F)C(F)(F)C(F)(F)C(F)(F)F. The molecule has 0 bridgehead atoms. The van der Waals surface area contributed by atoms with Gasteiger partial charge in [-0.3, -0.25) is 0 Å². The van der Waals surface area contributed by atoms with E-state index in [-0.39, 0.29) is 0 Å². The van der Waals surface area contributed by atoms with Crippen LogP contribution >= 0.6 is 0 Å². The third-order valence-electron chi connectivity index (χ3n) is 5.72. The molecule has 38 heavy (non-hydrogen) atoms. The topological polar surface area (TPSA) is 66.0 Å². The van der Waals surface area contributed by atoms with E-state index in [2.05, 4.69) is 41.7 Å². The number of unbranched alkanes of at least 4 members (excludes halogenated alkanes) is 10. The van der Waals surface area contributed by atoms with Gasteiger partial charge in [-0.15, -0.1) is 0 Å². The van der Waals surface area contributed by atoms with Crippen LogP contribution in [0.3, 0.4) is 0 Å². The quantitative estimate of drug-likeness (QED) is 0.0817. The van der Waals surface area contributed by atoms with Gasteiger partial charge in [-0.2, -0.15) is 39.5 Å². The molecule has 0 amide bonds. The molecule has 0 saturated heterocycles. The Kier molecular flexibility index (Phi) is 15.3. The molecule has 0 aliphatic heterocycles. The molecule has 0 aromatic carbocycles. The average molecular weight is 593 g/mol. The molecule has 0 spiro atoms. The number of halogens is 9. The molecule has 0 aliphatic rings. The molecule has 0 fully saturated rings. The Labute approximate surface area is 218 Å². The summed E-state index contributed by atoms with van der Waals surface area (Å²) in [5.74, 6) is -14.8. The van der Waals surface area contributed by atoms with Crippen LogP contribution in [0.25, 0.3) is 0 Å². The van der Waals surface area contributed by atoms with E-state index < -0.39 is 33.4 Å². The molecule has 1 heterocycles. The first-order valence-electron chi connectivity index (χ1n) is 12.6. The highest BCUT2D eigenvalue weighted by atomic mass is 32.2. The Morgan fingerprint density at radius 1 is 0.711 bits per heavy atom. The minimum Gasteiger partial charge on any atom is -0.743 e. The van der Waals surface area contributed by atoms with Gasteiger partial charge in [0.05, 0.1) is 13.1 Å². The molecular formula is C23H37F9N2O3S. The minimum absolute atomic E-state index is 1.18. The van der Waals surface area contributed by atoms with Crippen LogP contribution in [0.5, 0.6) is 0 Å². The first-order chi connectivity index (χ1) is 17.4. The molecule has 0 saturated carbocycles. The largest absolute Gasteiger partial charge is 0.743 e. The molecule has 0 N–H and O–H groups in total. The fourth-order valence-corrected chi connectivity index (χ4v) is 3.81. The van der Waals surface area contributed by atoms with Crippen LogP contribution in [-0.4, -0.2) is 40.8 Å². The van der Waals surface area contributed by atoms with Gasteiger partial charge in [0.1, 0.15) is 12.4 Å². The molecule has 226 valence electrons. The lowest BCUT2D eigenvalue weighted by molar-refractivity contribution is -0.696. The summed E-state index contributed by atoms with van der Waals surface area (Å²) in [5.41, 5.74) is 0. The van der Waals surface area contributed by atoms with Crippen LogP contribution in [0.4, 0.5) is 39.5 Å². The van der Waals surface area contributed by atoms with E-state index in [1.807, 2.05) is 0 Å². The van der Waals surface area contributed by atoms with Crippen molar-refractivity contribution in [3.8, 4) is 0 Å². The third kappa shape index (κ3) is 10.9. The maximum absolute atomic E-state index is 12.2. The fourth-order valence-electron chi connectivity index (χ4n) is 3.37. The zero-order valence-corrected chi connectivity index (χ0v) is 22.4. The molecule has 1 rings (SSSR count). The van der Waals surface area contributed by atoms with Crippen molar-refractivity contribution in [1.29, 1.82) is 0 Å². The summed E-state index contributed by atoms with van der Waals surface area (Å²) in [6.45, 7) is 6.93. The molecule has 5 nitrogen and oxygen atoms in total. The maximum atomic E-state index is 12.2. The highest BCUT2D eigenvalue weighted by Crippen LogP contribution is 2.54. The van der Waals surface area contributed by atoms with Crippen LogP contribution in [0.15, 0.2) is 18.7 Å². The van der Waals surface area contributed by atoms with Gasteiger partial charge in [-0.1, -0.05) is 65.2 Å². The highest BCUT2D eigenvalue weighted by Gasteiger charge is 2.83. The summed E-state index contributed by atoms with van der Waals surface area (Å²) < 4.78 is 140. The lowest BCUT2D eigenvalue weighted by Gasteiger charge is -2.34. The summed E-state index contributed by atoms with van der Waals surface area (Å²) in [6.07, 6.45) is 16.2. The lowest BCUT2D eigenvalue weighted by atomic mass is 10.1. The predicted octanol–water partition coefficient (Wildman–Crippen LogP) is 7.45. The van der Waals surface area contributed by atoms with Gasteiger partial charge in [0, 0.05) is 0 Å². The number of imidazole rings is 1. The number of aryl methyl sites for hydroxylation is 2. The summed E-state index contributed by atoms with van der Waals surface area (Å²) in [5, 5.41) is -7.11. The highest BCUT2D eigenvalue weighted by molar-refractivity contribution is 7.86. The summed E-state index contributed by atoms with van der Waals surface area (Å²) >= 11 is 0. The Morgan fingerprint density at radius 2 is 1.16 bits per heavy atom. The van der Waals surface area contributed by atoms with Crippen molar-refractivity contribution >= 4 is 10.1 Å². The summed E-state index contributed by atoms with van der Waals surface area (Å²) in [4.78, 5) is 0. The van der Waals surface area contributed by atoms with Crippen LogP contribution in [0.2, 0.25) is 0 Å². The van der Waals surface area contributed by atoms with Crippen molar-refractivity contribution in [3.63, 3.8) is 0 Å². The average Bonchev–Trinajstić information content (AvgIpc) is 3.25.